The van der Waals surface area contributed by atoms with E-state index in [-0.39, 0.29) is 24.0 Å². The number of benzene rings is 2. The summed E-state index contributed by atoms with van der Waals surface area (Å²) in [5.74, 6) is 0.787. The van der Waals surface area contributed by atoms with Gasteiger partial charge in [0.25, 0.3) is 0 Å². The predicted molar refractivity (Wildman–Crippen MR) is 121 cm³/mol. The molecule has 6 heteroatoms. The number of nitrogens with one attached hydrogen (secondary N) is 2. The van der Waals surface area contributed by atoms with E-state index >= 15 is 0 Å². The Morgan fingerprint density at radius 3 is 2.50 bits per heavy atom. The molecule has 0 saturated heterocycles. The highest BCUT2D eigenvalue weighted by Crippen LogP contribution is 2.15. The molecule has 2 aromatic carbocycles. The van der Waals surface area contributed by atoms with E-state index in [1.807, 2.05) is 12.1 Å². The number of hydrogen-bond acceptors (Lipinski definition) is 2. The molecule has 4 nitrogen and oxygen atoms in total. The van der Waals surface area contributed by atoms with Gasteiger partial charge in [0.05, 0.1) is 0 Å². The molecule has 0 amide bonds. The van der Waals surface area contributed by atoms with Gasteiger partial charge in [-0.3, -0.25) is 4.99 Å². The summed E-state index contributed by atoms with van der Waals surface area (Å²) >= 11 is 5.80. The number of fused-ring (bicyclic) bond motifs is 1. The van der Waals surface area contributed by atoms with E-state index in [1.165, 1.54) is 16.3 Å². The molecule has 0 aliphatic carbocycles. The van der Waals surface area contributed by atoms with Gasteiger partial charge in [0.2, 0.25) is 0 Å². The van der Waals surface area contributed by atoms with Crippen molar-refractivity contribution in [3.63, 3.8) is 0 Å². The third-order valence-corrected chi connectivity index (χ3v) is 4.22. The lowest BCUT2D eigenvalue weighted by Crippen LogP contribution is -2.37. The van der Waals surface area contributed by atoms with Crippen LogP contribution in [0.25, 0.3) is 10.8 Å². The summed E-state index contributed by atoms with van der Waals surface area (Å²) < 4.78 is 0. The highest BCUT2D eigenvalue weighted by molar-refractivity contribution is 14.0. The first-order valence-electron chi connectivity index (χ1n) is 8.27. The van der Waals surface area contributed by atoms with Gasteiger partial charge in [-0.15, -0.1) is 24.0 Å². The molecule has 0 unspecified atom stereocenters. The maximum absolute atomic E-state index is 5.80. The van der Waals surface area contributed by atoms with Crippen LogP contribution in [0.15, 0.2) is 65.8 Å². The average Bonchev–Trinajstić information content (AvgIpc) is 2.66. The summed E-state index contributed by atoms with van der Waals surface area (Å²) in [6.07, 6.45) is 2.66. The number of hydrogen-bond donors (Lipinski definition) is 2. The van der Waals surface area contributed by atoms with Crippen molar-refractivity contribution in [2.45, 2.75) is 13.0 Å². The Hall–Kier alpha value is -1.86. The van der Waals surface area contributed by atoms with Crippen LogP contribution in [0.3, 0.4) is 0 Å². The molecule has 0 atom stereocenters. The van der Waals surface area contributed by atoms with Gasteiger partial charge in [-0.2, -0.15) is 0 Å². The Balaban J connectivity index is 0.00000243. The molecule has 3 aromatic rings. The quantitative estimate of drug-likeness (QED) is 0.246. The minimum Gasteiger partial charge on any atom is -0.356 e. The molecule has 136 valence electrons. The largest absolute Gasteiger partial charge is 0.356 e. The summed E-state index contributed by atoms with van der Waals surface area (Å²) in [4.78, 5) is 8.36. The normalized spacial score (nSPS) is 11.1. The molecule has 0 saturated carbocycles. The molecule has 0 fully saturated rings. The Morgan fingerprint density at radius 2 is 1.77 bits per heavy atom. The van der Waals surface area contributed by atoms with E-state index in [2.05, 4.69) is 63.1 Å². The zero-order valence-corrected chi connectivity index (χ0v) is 17.7. The molecule has 3 rings (SSSR count). The van der Waals surface area contributed by atoms with Gasteiger partial charge in [0.1, 0.15) is 5.15 Å². The van der Waals surface area contributed by atoms with Gasteiger partial charge in [-0.1, -0.05) is 54.1 Å². The lowest BCUT2D eigenvalue weighted by molar-refractivity contribution is 0.793. The molecular formula is C20H22ClIN4. The Bertz CT molecular complexity index is 865. The standard InChI is InChI=1S/C20H21ClN4.HI/c1-22-20(23-11-10-15-7-9-19(21)24-13-15)25-14-16-6-8-17-4-2-3-5-18(17)12-16;/h2-9,12-13H,10-11,14H2,1H3,(H2,22,23,25);1H. The highest BCUT2D eigenvalue weighted by Gasteiger charge is 2.01. The number of pyridine rings is 1. The second-order valence-corrected chi connectivity index (χ2v) is 6.16. The van der Waals surface area contributed by atoms with Gasteiger partial charge in [0.15, 0.2) is 5.96 Å². The van der Waals surface area contributed by atoms with Crippen molar-refractivity contribution in [1.29, 1.82) is 0 Å². The van der Waals surface area contributed by atoms with Crippen molar-refractivity contribution < 1.29 is 0 Å². The van der Waals surface area contributed by atoms with Crippen molar-refractivity contribution in [3.05, 3.63) is 77.1 Å². The first kappa shape index (κ1) is 20.5. The fraction of sp³-hybridized carbons (Fsp3) is 0.200. The minimum atomic E-state index is 0. The van der Waals surface area contributed by atoms with Crippen molar-refractivity contribution in [3.8, 4) is 0 Å². The van der Waals surface area contributed by atoms with E-state index in [1.54, 1.807) is 13.2 Å². The van der Waals surface area contributed by atoms with E-state index < -0.39 is 0 Å². The third-order valence-electron chi connectivity index (χ3n) is 3.99. The molecule has 0 spiro atoms. The monoisotopic (exact) mass is 480 g/mol. The van der Waals surface area contributed by atoms with Crippen molar-refractivity contribution in [1.82, 2.24) is 15.6 Å². The van der Waals surface area contributed by atoms with Crippen LogP contribution in [0.5, 0.6) is 0 Å². The minimum absolute atomic E-state index is 0. The number of aromatic nitrogens is 1. The summed E-state index contributed by atoms with van der Waals surface area (Å²) in [6, 6.07) is 18.7. The summed E-state index contributed by atoms with van der Waals surface area (Å²) in [5.41, 5.74) is 2.37. The molecule has 1 heterocycles. The lowest BCUT2D eigenvalue weighted by atomic mass is 10.1. The van der Waals surface area contributed by atoms with E-state index in [0.717, 1.165) is 31.0 Å². The molecule has 0 radical (unpaired) electrons. The maximum atomic E-state index is 5.80. The highest BCUT2D eigenvalue weighted by atomic mass is 127. The Kier molecular flexibility index (Phi) is 8.12. The fourth-order valence-corrected chi connectivity index (χ4v) is 2.75. The lowest BCUT2D eigenvalue weighted by Gasteiger charge is -2.12. The molecule has 26 heavy (non-hydrogen) atoms. The van der Waals surface area contributed by atoms with Crippen LogP contribution in [-0.4, -0.2) is 24.5 Å². The van der Waals surface area contributed by atoms with Crippen molar-refractivity contribution in [2.24, 2.45) is 4.99 Å². The zero-order valence-electron chi connectivity index (χ0n) is 14.6. The average molecular weight is 481 g/mol. The molecule has 2 N–H and O–H groups in total. The van der Waals surface area contributed by atoms with Crippen LogP contribution in [0, 0.1) is 0 Å². The van der Waals surface area contributed by atoms with E-state index in [9.17, 15) is 0 Å². The first-order chi connectivity index (χ1) is 12.2. The Morgan fingerprint density at radius 1 is 1.00 bits per heavy atom. The predicted octanol–water partition coefficient (Wildman–Crippen LogP) is 4.41. The van der Waals surface area contributed by atoms with E-state index in [4.69, 9.17) is 11.6 Å². The van der Waals surface area contributed by atoms with Gasteiger partial charge >= 0.3 is 0 Å². The first-order valence-corrected chi connectivity index (χ1v) is 8.65. The van der Waals surface area contributed by atoms with Crippen LogP contribution in [-0.2, 0) is 13.0 Å². The van der Waals surface area contributed by atoms with Crippen LogP contribution in [0.1, 0.15) is 11.1 Å². The smallest absolute Gasteiger partial charge is 0.191 e. The van der Waals surface area contributed by atoms with Crippen LogP contribution in [0.2, 0.25) is 5.15 Å². The summed E-state index contributed by atoms with van der Waals surface area (Å²) in [7, 11) is 1.78. The second-order valence-electron chi connectivity index (χ2n) is 5.77. The Labute approximate surface area is 176 Å². The van der Waals surface area contributed by atoms with Gasteiger partial charge in [-0.25, -0.2) is 4.98 Å². The number of aliphatic imine (C=N–C) groups is 1. The number of rotatable bonds is 5. The summed E-state index contributed by atoms with van der Waals surface area (Å²) in [6.45, 7) is 1.51. The maximum Gasteiger partial charge on any atom is 0.191 e. The SMILES string of the molecule is CN=C(NCCc1ccc(Cl)nc1)NCc1ccc2ccccc2c1.I. The van der Waals surface area contributed by atoms with Crippen LogP contribution in [0.4, 0.5) is 0 Å². The van der Waals surface area contributed by atoms with Gasteiger partial charge in [-0.05, 0) is 40.5 Å². The van der Waals surface area contributed by atoms with E-state index in [0.29, 0.717) is 5.15 Å². The molecule has 0 aliphatic heterocycles. The number of halogens is 2. The van der Waals surface area contributed by atoms with Gasteiger partial charge < -0.3 is 10.6 Å². The molecule has 1 aromatic heterocycles. The zero-order chi connectivity index (χ0) is 17.5. The van der Waals surface area contributed by atoms with Crippen LogP contribution >= 0.6 is 35.6 Å². The van der Waals surface area contributed by atoms with Crippen LogP contribution < -0.4 is 10.6 Å². The third kappa shape index (κ3) is 5.85. The second kappa shape index (κ2) is 10.3. The molecule has 0 aliphatic rings. The molecule has 0 bridgehead atoms. The number of guanidine groups is 1. The topological polar surface area (TPSA) is 49.3 Å². The summed E-state index contributed by atoms with van der Waals surface area (Å²) in [5, 5.41) is 9.69. The fourth-order valence-electron chi connectivity index (χ4n) is 2.63. The van der Waals surface area contributed by atoms with Crippen molar-refractivity contribution >= 4 is 52.3 Å². The van der Waals surface area contributed by atoms with Gasteiger partial charge in [0, 0.05) is 26.3 Å². The van der Waals surface area contributed by atoms with Crippen molar-refractivity contribution in [2.75, 3.05) is 13.6 Å². The molecular weight excluding hydrogens is 459 g/mol. The number of nitrogens with zero attached hydrogens (tertiary/aromatic N) is 2.